The molecule has 0 saturated carbocycles. The number of rotatable bonds is 4. The van der Waals surface area contributed by atoms with Crippen LogP contribution in [-0.2, 0) is 11.2 Å². The van der Waals surface area contributed by atoms with Gasteiger partial charge in [0.15, 0.2) is 0 Å². The van der Waals surface area contributed by atoms with E-state index in [2.05, 4.69) is 10.3 Å². The Morgan fingerprint density at radius 3 is 2.33 bits per heavy atom. The Morgan fingerprint density at radius 1 is 1.07 bits per heavy atom. The predicted octanol–water partition coefficient (Wildman–Crippen LogP) is 2.66. The molecule has 0 spiro atoms. The number of anilines is 1. The molecule has 7 nitrogen and oxygen atoms in total. The first-order valence-electron chi connectivity index (χ1n) is 8.63. The average molecular weight is 389 g/mol. The molecule has 1 aromatic carbocycles. The summed E-state index contributed by atoms with van der Waals surface area (Å²) in [6.07, 6.45) is 1.88. The summed E-state index contributed by atoms with van der Waals surface area (Å²) in [7, 11) is 1.54. The standard InChI is InChI=1S/C19H21ClN4O3/c1-27-17-7-6-16(13-21-17)22-19(26)24-10-8-23(9-11-24)18(25)12-14-2-4-15(20)5-3-14/h2-7,13H,8-12H2,1H3,(H,22,26). The predicted molar refractivity (Wildman–Crippen MR) is 103 cm³/mol. The lowest BCUT2D eigenvalue weighted by Crippen LogP contribution is -2.52. The molecule has 8 heteroatoms. The van der Waals surface area contributed by atoms with E-state index in [-0.39, 0.29) is 11.9 Å². The summed E-state index contributed by atoms with van der Waals surface area (Å²) in [4.78, 5) is 32.3. The number of hydrogen-bond donors (Lipinski definition) is 1. The molecule has 0 unspecified atom stereocenters. The third-order valence-corrected chi connectivity index (χ3v) is 4.64. The Balaban J connectivity index is 1.47. The molecule has 0 aliphatic carbocycles. The largest absolute Gasteiger partial charge is 0.481 e. The van der Waals surface area contributed by atoms with Crippen molar-refractivity contribution in [3.63, 3.8) is 0 Å². The van der Waals surface area contributed by atoms with E-state index in [0.717, 1.165) is 5.56 Å². The van der Waals surface area contributed by atoms with Gasteiger partial charge in [0.05, 0.1) is 25.4 Å². The number of piperazine rings is 1. The minimum absolute atomic E-state index is 0.0525. The molecule has 1 fully saturated rings. The van der Waals surface area contributed by atoms with Crippen molar-refractivity contribution < 1.29 is 14.3 Å². The van der Waals surface area contributed by atoms with Gasteiger partial charge in [-0.2, -0.15) is 0 Å². The molecular formula is C19H21ClN4O3. The van der Waals surface area contributed by atoms with Crippen LogP contribution in [0.4, 0.5) is 10.5 Å². The zero-order chi connectivity index (χ0) is 19.2. The normalized spacial score (nSPS) is 14.0. The highest BCUT2D eigenvalue weighted by Gasteiger charge is 2.24. The summed E-state index contributed by atoms with van der Waals surface area (Å²) in [6, 6.07) is 10.5. The van der Waals surface area contributed by atoms with Gasteiger partial charge >= 0.3 is 6.03 Å². The molecule has 1 saturated heterocycles. The minimum atomic E-state index is -0.202. The lowest BCUT2D eigenvalue weighted by Gasteiger charge is -2.34. The number of hydrogen-bond acceptors (Lipinski definition) is 4. The number of nitrogens with one attached hydrogen (secondary N) is 1. The first kappa shape index (κ1) is 19.0. The number of nitrogens with zero attached hydrogens (tertiary/aromatic N) is 3. The lowest BCUT2D eigenvalue weighted by atomic mass is 10.1. The summed E-state index contributed by atoms with van der Waals surface area (Å²) >= 11 is 5.87. The van der Waals surface area contributed by atoms with Crippen LogP contribution in [0.15, 0.2) is 42.6 Å². The molecule has 1 N–H and O–H groups in total. The first-order chi connectivity index (χ1) is 13.0. The zero-order valence-electron chi connectivity index (χ0n) is 15.0. The van der Waals surface area contributed by atoms with Crippen LogP contribution in [0, 0.1) is 0 Å². The third-order valence-electron chi connectivity index (χ3n) is 4.38. The maximum absolute atomic E-state index is 12.4. The summed E-state index contributed by atoms with van der Waals surface area (Å²) < 4.78 is 4.99. The second-order valence-corrected chi connectivity index (χ2v) is 6.63. The van der Waals surface area contributed by atoms with E-state index in [0.29, 0.717) is 49.2 Å². The van der Waals surface area contributed by atoms with Crippen molar-refractivity contribution in [2.45, 2.75) is 6.42 Å². The van der Waals surface area contributed by atoms with Crippen LogP contribution in [-0.4, -0.2) is 60.0 Å². The Morgan fingerprint density at radius 2 is 1.74 bits per heavy atom. The first-order valence-corrected chi connectivity index (χ1v) is 9.01. The van der Waals surface area contributed by atoms with Crippen molar-refractivity contribution in [2.24, 2.45) is 0 Å². The third kappa shape index (κ3) is 5.10. The van der Waals surface area contributed by atoms with E-state index < -0.39 is 0 Å². The quantitative estimate of drug-likeness (QED) is 0.873. The number of aromatic nitrogens is 1. The van der Waals surface area contributed by atoms with Gasteiger partial charge < -0.3 is 19.9 Å². The SMILES string of the molecule is COc1ccc(NC(=O)N2CCN(C(=O)Cc3ccc(Cl)cc3)CC2)cn1. The number of carbonyl (C=O) groups is 2. The molecule has 2 aromatic rings. The average Bonchev–Trinajstić information content (AvgIpc) is 2.70. The summed E-state index contributed by atoms with van der Waals surface area (Å²) in [5.74, 6) is 0.539. The van der Waals surface area contributed by atoms with Crippen LogP contribution >= 0.6 is 11.6 Å². The van der Waals surface area contributed by atoms with Crippen molar-refractivity contribution in [3.8, 4) is 5.88 Å². The van der Waals surface area contributed by atoms with Gasteiger partial charge in [0, 0.05) is 37.3 Å². The summed E-state index contributed by atoms with van der Waals surface area (Å²) in [5, 5.41) is 3.46. The van der Waals surface area contributed by atoms with Crippen LogP contribution in [0.2, 0.25) is 5.02 Å². The maximum Gasteiger partial charge on any atom is 0.322 e. The molecule has 1 aliphatic rings. The maximum atomic E-state index is 12.4. The van der Waals surface area contributed by atoms with Gasteiger partial charge in [0.25, 0.3) is 0 Å². The summed E-state index contributed by atoms with van der Waals surface area (Å²) in [6.45, 7) is 2.00. The minimum Gasteiger partial charge on any atom is -0.481 e. The van der Waals surface area contributed by atoms with E-state index in [1.54, 1.807) is 40.3 Å². The monoisotopic (exact) mass is 388 g/mol. The van der Waals surface area contributed by atoms with Crippen molar-refractivity contribution >= 4 is 29.2 Å². The molecule has 1 aliphatic heterocycles. The number of methoxy groups -OCH3 is 1. The van der Waals surface area contributed by atoms with Gasteiger partial charge in [0.1, 0.15) is 0 Å². The van der Waals surface area contributed by atoms with Gasteiger partial charge in [-0.3, -0.25) is 4.79 Å². The highest BCUT2D eigenvalue weighted by molar-refractivity contribution is 6.30. The van der Waals surface area contributed by atoms with Crippen LogP contribution in [0.3, 0.4) is 0 Å². The van der Waals surface area contributed by atoms with E-state index in [4.69, 9.17) is 16.3 Å². The fraction of sp³-hybridized carbons (Fsp3) is 0.316. The highest BCUT2D eigenvalue weighted by atomic mass is 35.5. The van der Waals surface area contributed by atoms with Gasteiger partial charge in [0.2, 0.25) is 11.8 Å². The topological polar surface area (TPSA) is 74.8 Å². The van der Waals surface area contributed by atoms with Gasteiger partial charge in [-0.25, -0.2) is 9.78 Å². The van der Waals surface area contributed by atoms with E-state index in [9.17, 15) is 9.59 Å². The van der Waals surface area contributed by atoms with Crippen LogP contribution < -0.4 is 10.1 Å². The van der Waals surface area contributed by atoms with E-state index in [1.165, 1.54) is 7.11 Å². The number of urea groups is 1. The van der Waals surface area contributed by atoms with Crippen molar-refractivity contribution in [3.05, 3.63) is 53.2 Å². The fourth-order valence-electron chi connectivity index (χ4n) is 2.83. The lowest BCUT2D eigenvalue weighted by molar-refractivity contribution is -0.131. The van der Waals surface area contributed by atoms with Crippen molar-refractivity contribution in [1.82, 2.24) is 14.8 Å². The molecule has 2 heterocycles. The van der Waals surface area contributed by atoms with Crippen molar-refractivity contribution in [1.29, 1.82) is 0 Å². The molecule has 1 aromatic heterocycles. The zero-order valence-corrected chi connectivity index (χ0v) is 15.8. The molecule has 3 amide bonds. The van der Waals surface area contributed by atoms with Crippen molar-refractivity contribution in [2.75, 3.05) is 38.6 Å². The van der Waals surface area contributed by atoms with E-state index >= 15 is 0 Å². The molecular weight excluding hydrogens is 368 g/mol. The molecule has 0 atom stereocenters. The second kappa shape index (κ2) is 8.73. The number of pyridine rings is 1. The molecule has 142 valence electrons. The number of amides is 3. The van der Waals surface area contributed by atoms with Crippen LogP contribution in [0.25, 0.3) is 0 Å². The summed E-state index contributed by atoms with van der Waals surface area (Å²) in [5.41, 5.74) is 1.53. The number of ether oxygens (including phenoxy) is 1. The molecule has 3 rings (SSSR count). The molecule has 0 radical (unpaired) electrons. The van der Waals surface area contributed by atoms with E-state index in [1.807, 2.05) is 12.1 Å². The van der Waals surface area contributed by atoms with Gasteiger partial charge in [-0.1, -0.05) is 23.7 Å². The smallest absolute Gasteiger partial charge is 0.322 e. The van der Waals surface area contributed by atoms with Crippen LogP contribution in [0.5, 0.6) is 5.88 Å². The highest BCUT2D eigenvalue weighted by Crippen LogP contribution is 2.14. The van der Waals surface area contributed by atoms with Gasteiger partial charge in [-0.15, -0.1) is 0 Å². The Hall–Kier alpha value is -2.80. The van der Waals surface area contributed by atoms with Crippen LogP contribution in [0.1, 0.15) is 5.56 Å². The number of benzene rings is 1. The second-order valence-electron chi connectivity index (χ2n) is 6.19. The Kier molecular flexibility index (Phi) is 6.13. The Bertz CT molecular complexity index is 788. The number of halogens is 1. The number of carbonyl (C=O) groups excluding carboxylic acids is 2. The Labute approximate surface area is 162 Å². The molecule has 27 heavy (non-hydrogen) atoms. The molecule has 0 bridgehead atoms. The fourth-order valence-corrected chi connectivity index (χ4v) is 2.95. The van der Waals surface area contributed by atoms with Gasteiger partial charge in [-0.05, 0) is 23.8 Å².